The van der Waals surface area contributed by atoms with Crippen LogP contribution >= 0.6 is 0 Å². The highest BCUT2D eigenvalue weighted by Gasteiger charge is 2.48. The highest BCUT2D eigenvalue weighted by atomic mass is 16.7. The Morgan fingerprint density at radius 3 is 1.95 bits per heavy atom. The number of nitrogens with one attached hydrogen (secondary N) is 1. The molecule has 6 atom stereocenters. The van der Waals surface area contributed by atoms with Crippen LogP contribution in [0, 0.1) is 0 Å². The topological polar surface area (TPSA) is 147 Å². The highest BCUT2D eigenvalue weighted by Crippen LogP contribution is 2.26. The minimum absolute atomic E-state index is 0.254. The van der Waals surface area contributed by atoms with Gasteiger partial charge in [-0.2, -0.15) is 0 Å². The standard InChI is InChI=1S/C29H56N2O9/c1-6-9-10-11-12-13-14-15-16-17-18-31(29(36)39-21(4)19-24(37-7-2)38-8-3)28-25(30-22(5)33)27(35)26(34)23(20-32)40-28/h21,23-28,32,34-35H,6-20H2,1-5H3,(H,30,33)/t21?,23-,25-,26-,27-,28?/m1/s1. The molecule has 2 unspecified atom stereocenters. The normalized spacial score (nSPS) is 23.7. The monoisotopic (exact) mass is 576 g/mol. The first-order valence-electron chi connectivity index (χ1n) is 15.3. The Morgan fingerprint density at radius 1 is 0.900 bits per heavy atom. The van der Waals surface area contributed by atoms with Gasteiger partial charge < -0.3 is 39.6 Å². The van der Waals surface area contributed by atoms with E-state index in [0.29, 0.717) is 26.1 Å². The minimum Gasteiger partial charge on any atom is -0.446 e. The molecule has 1 heterocycles. The number of nitrogens with zero attached hydrogens (tertiary/aromatic N) is 1. The quantitative estimate of drug-likeness (QED) is 0.119. The molecule has 4 N–H and O–H groups in total. The number of rotatable bonds is 21. The molecule has 0 aromatic heterocycles. The summed E-state index contributed by atoms with van der Waals surface area (Å²) in [6.07, 6.45) is 4.57. The van der Waals surface area contributed by atoms with Crippen LogP contribution in [0.2, 0.25) is 0 Å². The van der Waals surface area contributed by atoms with Crippen molar-refractivity contribution in [3.05, 3.63) is 0 Å². The fourth-order valence-electron chi connectivity index (χ4n) is 4.96. The number of aliphatic hydroxyl groups excluding tert-OH is 3. The van der Waals surface area contributed by atoms with Crippen LogP contribution in [0.15, 0.2) is 0 Å². The molecule has 40 heavy (non-hydrogen) atoms. The highest BCUT2D eigenvalue weighted by molar-refractivity contribution is 5.74. The average molecular weight is 577 g/mol. The summed E-state index contributed by atoms with van der Waals surface area (Å²) in [6, 6.07) is -1.11. The van der Waals surface area contributed by atoms with Gasteiger partial charge in [-0.25, -0.2) is 4.79 Å². The van der Waals surface area contributed by atoms with Crippen molar-refractivity contribution in [1.29, 1.82) is 0 Å². The van der Waals surface area contributed by atoms with Crippen LogP contribution in [0.3, 0.4) is 0 Å². The first-order valence-corrected chi connectivity index (χ1v) is 15.3. The number of unbranched alkanes of at least 4 members (excludes halogenated alkanes) is 9. The van der Waals surface area contributed by atoms with Crippen molar-refractivity contribution in [3.63, 3.8) is 0 Å². The van der Waals surface area contributed by atoms with E-state index in [1.165, 1.54) is 50.3 Å². The van der Waals surface area contributed by atoms with Gasteiger partial charge in [-0.1, -0.05) is 64.7 Å². The van der Waals surface area contributed by atoms with E-state index in [1.807, 2.05) is 13.8 Å². The van der Waals surface area contributed by atoms with Gasteiger partial charge in [-0.05, 0) is 27.2 Å². The Morgan fingerprint density at radius 2 is 1.45 bits per heavy atom. The zero-order valence-corrected chi connectivity index (χ0v) is 25.4. The van der Waals surface area contributed by atoms with Gasteiger partial charge in [0.25, 0.3) is 0 Å². The van der Waals surface area contributed by atoms with E-state index in [4.69, 9.17) is 18.9 Å². The van der Waals surface area contributed by atoms with Crippen molar-refractivity contribution in [3.8, 4) is 0 Å². The van der Waals surface area contributed by atoms with E-state index in [2.05, 4.69) is 12.2 Å². The summed E-state index contributed by atoms with van der Waals surface area (Å²) in [5.41, 5.74) is 0. The SMILES string of the molecule is CCCCCCCCCCCCN(C(=O)OC(C)CC(OCC)OCC)C1O[C@H](CO)[C@@H](O)[C@H](O)[C@H]1NC(C)=O. The van der Waals surface area contributed by atoms with E-state index >= 15 is 0 Å². The maximum absolute atomic E-state index is 13.5. The van der Waals surface area contributed by atoms with Crippen molar-refractivity contribution in [2.45, 2.75) is 148 Å². The first-order chi connectivity index (χ1) is 19.2. The van der Waals surface area contributed by atoms with Gasteiger partial charge in [-0.15, -0.1) is 0 Å². The number of amides is 2. The summed E-state index contributed by atoms with van der Waals surface area (Å²) in [7, 11) is 0. The molecule has 1 rings (SSSR count). The summed E-state index contributed by atoms with van der Waals surface area (Å²) in [5, 5.41) is 33.6. The van der Waals surface area contributed by atoms with Crippen LogP contribution in [0.25, 0.3) is 0 Å². The maximum atomic E-state index is 13.5. The molecule has 0 aliphatic carbocycles. The smallest absolute Gasteiger partial charge is 0.412 e. The van der Waals surface area contributed by atoms with Gasteiger partial charge >= 0.3 is 6.09 Å². The average Bonchev–Trinajstić information content (AvgIpc) is 2.90. The fourth-order valence-corrected chi connectivity index (χ4v) is 4.96. The maximum Gasteiger partial charge on any atom is 0.412 e. The van der Waals surface area contributed by atoms with Crippen LogP contribution in [0.4, 0.5) is 4.79 Å². The van der Waals surface area contributed by atoms with Crippen molar-refractivity contribution in [1.82, 2.24) is 10.2 Å². The lowest BCUT2D eigenvalue weighted by atomic mass is 9.95. The number of aliphatic hydroxyl groups is 3. The molecular formula is C29H56N2O9. The lowest BCUT2D eigenvalue weighted by Gasteiger charge is -2.46. The molecule has 1 saturated heterocycles. The molecular weight excluding hydrogens is 520 g/mol. The van der Waals surface area contributed by atoms with E-state index in [9.17, 15) is 24.9 Å². The third-order valence-electron chi connectivity index (χ3n) is 7.10. The van der Waals surface area contributed by atoms with E-state index < -0.39 is 61.6 Å². The molecule has 1 aliphatic heterocycles. The Balaban J connectivity index is 2.92. The van der Waals surface area contributed by atoms with Gasteiger partial charge in [0, 0.05) is 33.1 Å². The largest absolute Gasteiger partial charge is 0.446 e. The van der Waals surface area contributed by atoms with Crippen LogP contribution in [0.1, 0.15) is 105 Å². The molecule has 11 heteroatoms. The molecule has 236 valence electrons. The second-order valence-corrected chi connectivity index (χ2v) is 10.6. The molecule has 0 aromatic rings. The lowest BCUT2D eigenvalue weighted by Crippen LogP contribution is -2.68. The van der Waals surface area contributed by atoms with Crippen LogP contribution < -0.4 is 5.32 Å². The molecule has 0 spiro atoms. The number of ether oxygens (including phenoxy) is 4. The van der Waals surface area contributed by atoms with Crippen LogP contribution in [0.5, 0.6) is 0 Å². The van der Waals surface area contributed by atoms with E-state index in [-0.39, 0.29) is 6.54 Å². The predicted octanol–water partition coefficient (Wildman–Crippen LogP) is 3.47. The van der Waals surface area contributed by atoms with Gasteiger partial charge in [0.2, 0.25) is 5.91 Å². The molecule has 1 aliphatic rings. The third-order valence-corrected chi connectivity index (χ3v) is 7.10. The Labute approximate surface area is 240 Å². The summed E-state index contributed by atoms with van der Waals surface area (Å²) in [5.74, 6) is -0.454. The van der Waals surface area contributed by atoms with Crippen molar-refractivity contribution < 1.29 is 43.9 Å². The molecule has 1 fully saturated rings. The summed E-state index contributed by atoms with van der Waals surface area (Å²) in [4.78, 5) is 26.8. The van der Waals surface area contributed by atoms with E-state index in [1.54, 1.807) is 6.92 Å². The van der Waals surface area contributed by atoms with Crippen LogP contribution in [-0.4, -0.2) is 102 Å². The third kappa shape index (κ3) is 13.4. The van der Waals surface area contributed by atoms with Crippen molar-refractivity contribution >= 4 is 12.0 Å². The minimum atomic E-state index is -1.46. The Hall–Kier alpha value is -1.50. The van der Waals surface area contributed by atoms with E-state index in [0.717, 1.165) is 19.3 Å². The number of hydrogen-bond acceptors (Lipinski definition) is 9. The summed E-state index contributed by atoms with van der Waals surface area (Å²) >= 11 is 0. The number of carbonyl (C=O) groups excluding carboxylic acids is 2. The van der Waals surface area contributed by atoms with Crippen molar-refractivity contribution in [2.24, 2.45) is 0 Å². The van der Waals surface area contributed by atoms with Crippen LogP contribution in [-0.2, 0) is 23.7 Å². The first kappa shape index (κ1) is 36.5. The second kappa shape index (κ2) is 21.2. The van der Waals surface area contributed by atoms with Gasteiger partial charge in [-0.3, -0.25) is 9.69 Å². The predicted molar refractivity (Wildman–Crippen MR) is 152 cm³/mol. The molecule has 0 bridgehead atoms. The Bertz CT molecular complexity index is 678. The molecule has 0 saturated carbocycles. The zero-order chi connectivity index (χ0) is 29.9. The molecule has 2 amide bonds. The van der Waals surface area contributed by atoms with Gasteiger partial charge in [0.05, 0.1) is 6.61 Å². The number of carbonyl (C=O) groups is 2. The molecule has 0 aromatic carbocycles. The fraction of sp³-hybridized carbons (Fsp3) is 0.931. The lowest BCUT2D eigenvalue weighted by molar-refractivity contribution is -0.227. The Kier molecular flexibility index (Phi) is 19.4. The van der Waals surface area contributed by atoms with Crippen molar-refractivity contribution in [2.75, 3.05) is 26.4 Å². The zero-order valence-electron chi connectivity index (χ0n) is 25.4. The summed E-state index contributed by atoms with van der Waals surface area (Å²) < 4.78 is 22.8. The molecule has 0 radical (unpaired) electrons. The number of hydrogen-bond donors (Lipinski definition) is 4. The van der Waals surface area contributed by atoms with Gasteiger partial charge in [0.15, 0.2) is 12.5 Å². The summed E-state index contributed by atoms with van der Waals surface area (Å²) in [6.45, 7) is 9.54. The van der Waals surface area contributed by atoms with Gasteiger partial charge in [0.1, 0.15) is 30.5 Å². The molecule has 11 nitrogen and oxygen atoms in total. The second-order valence-electron chi connectivity index (χ2n) is 10.6.